The molecule has 31 heavy (non-hydrogen) atoms. The number of aromatic nitrogens is 4. The maximum Gasteiger partial charge on any atom is 0.187 e. The van der Waals surface area contributed by atoms with Crippen LogP contribution in [0, 0.1) is 0 Å². The van der Waals surface area contributed by atoms with Gasteiger partial charge in [-0.2, -0.15) is 0 Å². The van der Waals surface area contributed by atoms with Gasteiger partial charge in [-0.3, -0.25) is 0 Å². The number of rotatable bonds is 5. The van der Waals surface area contributed by atoms with Crippen LogP contribution in [0.15, 0.2) is 84.4 Å². The molecule has 5 rings (SSSR count). The van der Waals surface area contributed by atoms with Crippen molar-refractivity contribution in [2.45, 2.75) is 0 Å². The van der Waals surface area contributed by atoms with Crippen LogP contribution in [0.5, 0.6) is 0 Å². The Kier molecular flexibility index (Phi) is 5.42. The highest BCUT2D eigenvalue weighted by atomic mass is 35.5. The van der Waals surface area contributed by atoms with Crippen LogP contribution in [0.2, 0.25) is 10.0 Å². The van der Waals surface area contributed by atoms with Gasteiger partial charge in [-0.1, -0.05) is 70.9 Å². The number of hydrogen-bond acceptors (Lipinski definition) is 5. The summed E-state index contributed by atoms with van der Waals surface area (Å²) >= 11 is 13.6. The van der Waals surface area contributed by atoms with E-state index in [0.29, 0.717) is 10.0 Å². The first-order chi connectivity index (χ1) is 15.2. The van der Waals surface area contributed by atoms with E-state index in [1.165, 1.54) is 11.3 Å². The average molecular weight is 464 g/mol. The summed E-state index contributed by atoms with van der Waals surface area (Å²) < 4.78 is 1.77. The predicted molar refractivity (Wildman–Crippen MR) is 128 cm³/mol. The summed E-state index contributed by atoms with van der Waals surface area (Å²) in [6.07, 6.45) is 1.92. The molecule has 0 amide bonds. The van der Waals surface area contributed by atoms with E-state index in [4.69, 9.17) is 23.2 Å². The minimum absolute atomic E-state index is 0.502. The fourth-order valence-corrected chi connectivity index (χ4v) is 4.12. The molecular formula is C23H15Cl2N5S. The molecule has 0 unspecified atom stereocenters. The molecule has 0 radical (unpaired) electrons. The quantitative estimate of drug-likeness (QED) is 0.301. The van der Waals surface area contributed by atoms with Crippen molar-refractivity contribution in [3.8, 4) is 28.2 Å². The van der Waals surface area contributed by atoms with E-state index in [2.05, 4.69) is 20.6 Å². The lowest BCUT2D eigenvalue weighted by Gasteiger charge is -2.04. The topological polar surface area (TPSA) is 55.6 Å². The molecule has 0 saturated heterocycles. The zero-order valence-electron chi connectivity index (χ0n) is 16.0. The van der Waals surface area contributed by atoms with E-state index in [1.807, 2.05) is 72.2 Å². The molecule has 0 saturated carbocycles. The van der Waals surface area contributed by atoms with Gasteiger partial charge in [-0.25, -0.2) is 9.67 Å². The van der Waals surface area contributed by atoms with Crippen LogP contribution in [-0.4, -0.2) is 20.0 Å². The van der Waals surface area contributed by atoms with Gasteiger partial charge in [0.05, 0.1) is 27.6 Å². The number of nitrogens with one attached hydrogen (secondary N) is 1. The zero-order chi connectivity index (χ0) is 21.2. The highest BCUT2D eigenvalue weighted by Gasteiger charge is 2.08. The fraction of sp³-hybridized carbons (Fsp3) is 0. The lowest BCUT2D eigenvalue weighted by molar-refractivity contribution is 0.804. The van der Waals surface area contributed by atoms with Crippen LogP contribution in [0.25, 0.3) is 28.2 Å². The summed E-state index contributed by atoms with van der Waals surface area (Å²) in [6.45, 7) is 0. The van der Waals surface area contributed by atoms with Crippen molar-refractivity contribution in [3.63, 3.8) is 0 Å². The van der Waals surface area contributed by atoms with Crippen molar-refractivity contribution >= 4 is 45.4 Å². The predicted octanol–water partition coefficient (Wildman–Crippen LogP) is 7.11. The lowest BCUT2D eigenvalue weighted by Crippen LogP contribution is -1.94. The Balaban J connectivity index is 1.33. The Morgan fingerprint density at radius 2 is 1.58 bits per heavy atom. The van der Waals surface area contributed by atoms with Crippen molar-refractivity contribution in [3.05, 3.63) is 94.4 Å². The van der Waals surface area contributed by atoms with Gasteiger partial charge >= 0.3 is 0 Å². The van der Waals surface area contributed by atoms with E-state index < -0.39 is 0 Å². The van der Waals surface area contributed by atoms with Crippen LogP contribution in [0.1, 0.15) is 0 Å². The van der Waals surface area contributed by atoms with Gasteiger partial charge < -0.3 is 5.32 Å². The summed E-state index contributed by atoms with van der Waals surface area (Å²) in [5.41, 5.74) is 5.55. The third-order valence-corrected chi connectivity index (χ3v) is 6.16. The molecule has 0 bridgehead atoms. The van der Waals surface area contributed by atoms with E-state index in [-0.39, 0.29) is 0 Å². The van der Waals surface area contributed by atoms with Gasteiger partial charge in [0, 0.05) is 22.2 Å². The molecule has 2 aromatic heterocycles. The van der Waals surface area contributed by atoms with Gasteiger partial charge in [0.25, 0.3) is 0 Å². The second kappa shape index (κ2) is 8.51. The molecular weight excluding hydrogens is 449 g/mol. The molecule has 5 nitrogen and oxygen atoms in total. The van der Waals surface area contributed by atoms with Gasteiger partial charge in [0.15, 0.2) is 5.13 Å². The molecule has 0 fully saturated rings. The SMILES string of the molecule is Clc1ccc(Nc2nc(-c3ccc(-n4cc(-c5ccccc5)nn4)cc3)cs2)cc1Cl. The van der Waals surface area contributed by atoms with Gasteiger partial charge in [0.1, 0.15) is 5.69 Å². The number of halogens is 2. The number of hydrogen-bond donors (Lipinski definition) is 1. The van der Waals surface area contributed by atoms with E-state index in [9.17, 15) is 0 Å². The molecule has 0 aliphatic rings. The summed E-state index contributed by atoms with van der Waals surface area (Å²) in [5, 5.41) is 15.6. The third kappa shape index (κ3) is 4.32. The highest BCUT2D eigenvalue weighted by molar-refractivity contribution is 7.14. The smallest absolute Gasteiger partial charge is 0.187 e. The molecule has 3 aromatic carbocycles. The molecule has 2 heterocycles. The van der Waals surface area contributed by atoms with E-state index >= 15 is 0 Å². The standard InChI is InChI=1S/C23H15Cl2N5S/c24-19-11-8-17(12-20(19)25)26-23-27-22(14-31-23)16-6-9-18(10-7-16)30-13-21(28-29-30)15-4-2-1-3-5-15/h1-14H,(H,26,27). The van der Waals surface area contributed by atoms with Crippen LogP contribution in [0.3, 0.4) is 0 Å². The van der Waals surface area contributed by atoms with Crippen LogP contribution in [-0.2, 0) is 0 Å². The first-order valence-corrected chi connectivity index (χ1v) is 11.1. The summed E-state index contributed by atoms with van der Waals surface area (Å²) in [5.74, 6) is 0. The highest BCUT2D eigenvalue weighted by Crippen LogP contribution is 2.30. The van der Waals surface area contributed by atoms with Crippen LogP contribution >= 0.6 is 34.5 Å². The van der Waals surface area contributed by atoms with Crippen LogP contribution < -0.4 is 5.32 Å². The first kappa shape index (κ1) is 19.8. The molecule has 0 aliphatic carbocycles. The Labute approximate surface area is 192 Å². The molecule has 0 spiro atoms. The van der Waals surface area contributed by atoms with Crippen molar-refractivity contribution < 1.29 is 0 Å². The van der Waals surface area contributed by atoms with Gasteiger partial charge in [0.2, 0.25) is 0 Å². The minimum atomic E-state index is 0.502. The number of nitrogens with zero attached hydrogens (tertiary/aromatic N) is 4. The van der Waals surface area contributed by atoms with Gasteiger partial charge in [-0.15, -0.1) is 16.4 Å². The number of thiazole rings is 1. The first-order valence-electron chi connectivity index (χ1n) is 9.42. The van der Waals surface area contributed by atoms with E-state index in [1.54, 1.807) is 16.8 Å². The number of benzene rings is 3. The zero-order valence-corrected chi connectivity index (χ0v) is 18.4. The Bertz CT molecular complexity index is 1330. The molecule has 1 N–H and O–H groups in total. The van der Waals surface area contributed by atoms with Crippen molar-refractivity contribution in [2.24, 2.45) is 0 Å². The van der Waals surface area contributed by atoms with Crippen molar-refractivity contribution in [1.82, 2.24) is 20.0 Å². The Hall–Kier alpha value is -3.19. The normalized spacial score (nSPS) is 10.9. The van der Waals surface area contributed by atoms with Gasteiger partial charge in [-0.05, 0) is 30.3 Å². The Morgan fingerprint density at radius 3 is 2.35 bits per heavy atom. The second-order valence-electron chi connectivity index (χ2n) is 6.75. The molecule has 8 heteroatoms. The van der Waals surface area contributed by atoms with Crippen molar-refractivity contribution in [2.75, 3.05) is 5.32 Å². The number of anilines is 2. The maximum atomic E-state index is 6.08. The molecule has 5 aromatic rings. The molecule has 0 atom stereocenters. The monoisotopic (exact) mass is 463 g/mol. The maximum absolute atomic E-state index is 6.08. The lowest BCUT2D eigenvalue weighted by atomic mass is 10.1. The van der Waals surface area contributed by atoms with Crippen molar-refractivity contribution in [1.29, 1.82) is 0 Å². The summed E-state index contributed by atoms with van der Waals surface area (Å²) in [4.78, 5) is 4.67. The largest absolute Gasteiger partial charge is 0.331 e. The fourth-order valence-electron chi connectivity index (χ4n) is 3.08. The second-order valence-corrected chi connectivity index (χ2v) is 8.43. The minimum Gasteiger partial charge on any atom is -0.331 e. The summed E-state index contributed by atoms with van der Waals surface area (Å²) in [7, 11) is 0. The van der Waals surface area contributed by atoms with E-state index in [0.717, 1.165) is 39.0 Å². The van der Waals surface area contributed by atoms with Crippen LogP contribution in [0.4, 0.5) is 10.8 Å². The summed E-state index contributed by atoms with van der Waals surface area (Å²) in [6, 6.07) is 23.5. The molecule has 152 valence electrons. The Morgan fingerprint density at radius 1 is 0.806 bits per heavy atom. The molecule has 0 aliphatic heterocycles. The third-order valence-electron chi connectivity index (χ3n) is 4.67. The average Bonchev–Trinajstić information content (AvgIpc) is 3.47.